The maximum atomic E-state index is 14.0. The molecule has 8 aliphatic rings. The van der Waals surface area contributed by atoms with Crippen molar-refractivity contribution in [2.24, 2.45) is 0 Å². The molecule has 0 saturated heterocycles. The molecule has 0 atom stereocenters. The number of aromatic amines is 4. The lowest BCUT2D eigenvalue weighted by atomic mass is 10.1. The van der Waals surface area contributed by atoms with Crippen molar-refractivity contribution in [3.05, 3.63) is 312 Å². The summed E-state index contributed by atoms with van der Waals surface area (Å²) in [6.07, 6.45) is 0. The van der Waals surface area contributed by atoms with Gasteiger partial charge in [0.2, 0.25) is 0 Å². The van der Waals surface area contributed by atoms with Crippen LogP contribution in [0.4, 0.5) is 8.78 Å². The highest BCUT2D eigenvalue weighted by molar-refractivity contribution is 6.30. The Morgan fingerprint density at radius 2 is 0.678 bits per heavy atom. The minimum Gasteiger partial charge on any atom is -0.496 e. The number of methoxy groups -OCH3 is 1. The van der Waals surface area contributed by atoms with E-state index in [9.17, 15) is 47.1 Å². The Kier molecular flexibility index (Phi) is 25.4. The molecule has 8 heterocycles. The van der Waals surface area contributed by atoms with Crippen LogP contribution in [0.25, 0.3) is 90.2 Å². The molecule has 8 N–H and O–H groups in total. The van der Waals surface area contributed by atoms with Gasteiger partial charge in [-0.25, -0.2) is 47.9 Å². The summed E-state index contributed by atoms with van der Waals surface area (Å²) in [6.45, 7) is 24.5. The van der Waals surface area contributed by atoms with E-state index in [4.69, 9.17) is 16.3 Å². The minimum atomic E-state index is -0.720. The summed E-state index contributed by atoms with van der Waals surface area (Å²) in [5.74, 6) is 1.25. The van der Waals surface area contributed by atoms with Gasteiger partial charge in [0.25, 0.3) is 22.2 Å². The summed E-state index contributed by atoms with van der Waals surface area (Å²) < 4.78 is 40.1. The molecular weight excluding hydrogens is 1530 g/mol. The fraction of sp³-hybridized carbons (Fsp3) is 0.256. The third-order valence-corrected chi connectivity index (χ3v) is 20.8. The summed E-state index contributed by atoms with van der Waals surface area (Å²) in [7, 11) is 1.65. The summed E-state index contributed by atoms with van der Waals surface area (Å²) >= 11 is 5.79. The standard InChI is InChI=1S/C22H23N5O3.C22H23N5O2.C21H19ClFN5O2.C21H20FN5O2/c1-13-10-16-17(11-14(13)2)27(20-19(24-16)21(28)26-22(29)25-20)9-8-23-12-15-6-4-5-7-18(15)30-3;1-13-6-4-5-7-16(13)12-23-8-9-27-18-11-15(3)14(2)10-17(18)24-19-20(27)25-22(29)26-21(19)28;1-11-7-16-17(8-12(11)2)28(19-18(25-16)20(29)27-21(30)26-19)6-5-24-10-13-3-4-14(22)9-15(13)23;1-12-8-16-17(9-13(12)2)27(19-18(24-16)20(28)26-21(29)25-19)7-6-23-11-14-4-3-5-15(22)10-14/h4-7,10-11,23H,8-9,12H2,1-3H3,(H,26,28,29);4-7,10-11,23H,8-9,12H2,1-3H3,(H,26,28,29);3-4,7-9,24H,5-6,10H2,1-2H3,(H,27,29,30);3-5,8-10,23H,6-7,11H2,1-2H3,(H,26,28,29). The number of H-pyrrole nitrogens is 4. The van der Waals surface area contributed by atoms with E-state index in [1.54, 1.807) is 29.9 Å². The molecule has 0 saturated carbocycles. The summed E-state index contributed by atoms with van der Waals surface area (Å²) in [4.78, 5) is 139. The molecule has 604 valence electrons. The van der Waals surface area contributed by atoms with Gasteiger partial charge in [-0.05, 0) is 202 Å². The van der Waals surface area contributed by atoms with Crippen LogP contribution >= 0.6 is 11.6 Å². The van der Waals surface area contributed by atoms with Crippen molar-refractivity contribution in [3.8, 4) is 51.8 Å². The van der Waals surface area contributed by atoms with E-state index in [0.29, 0.717) is 116 Å². The predicted octanol–water partition coefficient (Wildman–Crippen LogP) is 9.21. The van der Waals surface area contributed by atoms with Crippen LogP contribution in [0.5, 0.6) is 5.75 Å². The minimum absolute atomic E-state index is 0.106. The van der Waals surface area contributed by atoms with Crippen LogP contribution in [0.1, 0.15) is 72.3 Å². The van der Waals surface area contributed by atoms with E-state index < -0.39 is 45.0 Å². The maximum absolute atomic E-state index is 14.0. The molecule has 118 heavy (non-hydrogen) atoms. The van der Waals surface area contributed by atoms with Crippen molar-refractivity contribution in [1.29, 1.82) is 0 Å². The molecule has 32 heteroatoms. The predicted molar refractivity (Wildman–Crippen MR) is 451 cm³/mol. The third-order valence-electron chi connectivity index (χ3n) is 20.6. The molecule has 0 aromatic heterocycles. The number of para-hydroxylation sites is 1. The Morgan fingerprint density at radius 1 is 0.347 bits per heavy atom. The smallest absolute Gasteiger partial charge is 0.349 e. The number of fused-ring (bicyclic) bond motifs is 8. The van der Waals surface area contributed by atoms with Gasteiger partial charge in [-0.15, -0.1) is 0 Å². The fourth-order valence-corrected chi connectivity index (χ4v) is 13.9. The highest BCUT2D eigenvalue weighted by Gasteiger charge is 2.25. The van der Waals surface area contributed by atoms with Gasteiger partial charge in [-0.3, -0.25) is 39.1 Å². The second-order valence-electron chi connectivity index (χ2n) is 28.7. The van der Waals surface area contributed by atoms with Crippen molar-refractivity contribution >= 4 is 55.7 Å². The quantitative estimate of drug-likeness (QED) is 0.0245. The van der Waals surface area contributed by atoms with Gasteiger partial charge in [0, 0.05) is 94.7 Å². The van der Waals surface area contributed by atoms with Crippen molar-refractivity contribution < 1.29 is 13.5 Å². The van der Waals surface area contributed by atoms with Gasteiger partial charge in [0.05, 0.1) is 51.2 Å². The summed E-state index contributed by atoms with van der Waals surface area (Å²) in [5, 5.41) is 13.6. The molecule has 0 amide bonds. The van der Waals surface area contributed by atoms with Crippen LogP contribution in [-0.4, -0.2) is 111 Å². The third kappa shape index (κ3) is 18.8. The second-order valence-corrected chi connectivity index (χ2v) is 29.2. The maximum Gasteiger partial charge on any atom is 0.349 e. The van der Waals surface area contributed by atoms with Crippen molar-refractivity contribution in [2.45, 2.75) is 115 Å². The fourth-order valence-electron chi connectivity index (χ4n) is 13.7. The highest BCUT2D eigenvalue weighted by atomic mass is 35.5. The van der Waals surface area contributed by atoms with Crippen LogP contribution < -0.4 is 71.0 Å². The van der Waals surface area contributed by atoms with E-state index in [2.05, 4.69) is 100 Å². The number of nitrogens with zero attached hydrogens (tertiary/aromatic N) is 12. The van der Waals surface area contributed by atoms with Gasteiger partial charge < -0.3 is 44.3 Å². The first-order valence-electron chi connectivity index (χ1n) is 38.0. The molecule has 8 aromatic carbocycles. The van der Waals surface area contributed by atoms with Gasteiger partial charge in [0.1, 0.15) is 17.4 Å². The number of ether oxygens (including phenoxy) is 1. The zero-order valence-electron chi connectivity index (χ0n) is 66.4. The SMILES string of the molecule is COc1ccccc1CNCCn1c2nc(=O)[nH]c(=O)c-2nc2cc(C)c(C)cc21.Cc1cc2nc3c(=O)[nH]c(=O)nc-3n(CCNCc3ccc(Cl)cc3F)c2cc1C.Cc1cc2nc3c(=O)[nH]c(=O)nc-3n(CCNCc3cccc(F)c3)c2cc1C.Cc1cc2nc3c(=O)[nH]c(=O)nc-3n(CCNCc3ccccc3C)c2cc1C. The zero-order valence-corrected chi connectivity index (χ0v) is 67.2. The van der Waals surface area contributed by atoms with E-state index in [0.717, 1.165) is 90.0 Å². The average molecular weight is 1620 g/mol. The molecule has 0 unspecified atom stereocenters. The van der Waals surface area contributed by atoms with Crippen LogP contribution in [0.15, 0.2) is 178 Å². The van der Waals surface area contributed by atoms with E-state index >= 15 is 0 Å². The summed E-state index contributed by atoms with van der Waals surface area (Å²) in [6, 6.07) is 42.8. The normalized spacial score (nSPS) is 11.4. The molecular formula is C86H85ClF2N20O9. The first kappa shape index (κ1) is 82.6. The number of aryl methyl sites for hydroxylation is 9. The van der Waals surface area contributed by atoms with Gasteiger partial charge in [-0.2, -0.15) is 19.9 Å². The number of halogens is 3. The largest absolute Gasteiger partial charge is 0.496 e. The summed E-state index contributed by atoms with van der Waals surface area (Å²) in [5.41, 5.74) is 15.1. The first-order chi connectivity index (χ1) is 56.7. The Morgan fingerprint density at radius 3 is 1.03 bits per heavy atom. The molecule has 0 bridgehead atoms. The number of benzene rings is 8. The molecule has 0 spiro atoms. The molecule has 0 fully saturated rings. The van der Waals surface area contributed by atoms with Crippen molar-refractivity contribution in [3.63, 3.8) is 0 Å². The van der Waals surface area contributed by atoms with E-state index in [1.807, 2.05) is 160 Å². The molecule has 8 aliphatic heterocycles. The van der Waals surface area contributed by atoms with Crippen molar-refractivity contribution in [1.82, 2.24) is 99.3 Å². The van der Waals surface area contributed by atoms with E-state index in [-0.39, 0.29) is 46.1 Å². The van der Waals surface area contributed by atoms with Crippen LogP contribution in [-0.2, 0) is 52.4 Å². The van der Waals surface area contributed by atoms with E-state index in [1.165, 1.54) is 29.3 Å². The van der Waals surface area contributed by atoms with Gasteiger partial charge in [-0.1, -0.05) is 72.3 Å². The Labute approximate surface area is 676 Å². The number of rotatable bonds is 21. The average Bonchev–Trinajstić information content (AvgIpc) is 0.772. The first-order valence-corrected chi connectivity index (χ1v) is 38.4. The second kappa shape index (κ2) is 36.2. The molecule has 29 nitrogen and oxygen atoms in total. The van der Waals surface area contributed by atoms with Crippen LogP contribution in [0, 0.1) is 73.9 Å². The Balaban J connectivity index is 0.000000136. The van der Waals surface area contributed by atoms with Crippen LogP contribution in [0.3, 0.4) is 0 Å². The number of hydrogen-bond acceptors (Lipinski definition) is 21. The van der Waals surface area contributed by atoms with Gasteiger partial charge >= 0.3 is 22.8 Å². The zero-order chi connectivity index (χ0) is 83.8. The lowest BCUT2D eigenvalue weighted by Crippen LogP contribution is -2.30. The molecule has 8 aromatic rings. The molecule has 16 rings (SSSR count). The van der Waals surface area contributed by atoms with Crippen molar-refractivity contribution in [2.75, 3.05) is 33.3 Å². The molecule has 0 radical (unpaired) electrons. The molecule has 0 aliphatic carbocycles. The Hall–Kier alpha value is -13.3. The topological polar surface area (TPSA) is 380 Å². The van der Waals surface area contributed by atoms with Crippen LogP contribution in [0.2, 0.25) is 5.02 Å². The highest BCUT2D eigenvalue weighted by Crippen LogP contribution is 2.29. The Bertz CT molecular complexity index is 6870. The lowest BCUT2D eigenvalue weighted by molar-refractivity contribution is 0.407. The number of aromatic nitrogens is 16. The monoisotopic (exact) mass is 1610 g/mol. The number of hydrogen-bond donors (Lipinski definition) is 8. The van der Waals surface area contributed by atoms with Gasteiger partial charge in [0.15, 0.2) is 46.1 Å². The number of nitrogens with one attached hydrogen (secondary N) is 8. The lowest BCUT2D eigenvalue weighted by Gasteiger charge is -2.18.